The zero-order valence-corrected chi connectivity index (χ0v) is 15.2. The van der Waals surface area contributed by atoms with Crippen molar-refractivity contribution in [3.63, 3.8) is 0 Å². The van der Waals surface area contributed by atoms with Gasteiger partial charge in [-0.1, -0.05) is 12.1 Å². The number of carbonyl (C=O) groups is 1. The van der Waals surface area contributed by atoms with E-state index < -0.39 is 5.60 Å². The molecule has 1 atom stereocenters. The van der Waals surface area contributed by atoms with Crippen molar-refractivity contribution in [1.29, 1.82) is 0 Å². The topological polar surface area (TPSA) is 64.0 Å². The predicted octanol–water partition coefficient (Wildman–Crippen LogP) is 2.94. The molecule has 0 N–H and O–H groups in total. The van der Waals surface area contributed by atoms with E-state index in [0.29, 0.717) is 13.1 Å². The van der Waals surface area contributed by atoms with Crippen LogP contribution in [0.3, 0.4) is 0 Å². The lowest BCUT2D eigenvalue weighted by atomic mass is 9.91. The van der Waals surface area contributed by atoms with E-state index in [0.717, 1.165) is 41.8 Å². The zero-order valence-electron chi connectivity index (χ0n) is 15.2. The molecule has 5 rings (SSSR count). The second kappa shape index (κ2) is 5.81. The van der Waals surface area contributed by atoms with Gasteiger partial charge < -0.3 is 14.4 Å². The van der Waals surface area contributed by atoms with E-state index in [-0.39, 0.29) is 11.3 Å². The van der Waals surface area contributed by atoms with Crippen molar-refractivity contribution in [2.75, 3.05) is 20.2 Å². The molecule has 0 radical (unpaired) electrons. The van der Waals surface area contributed by atoms with Gasteiger partial charge in [0.1, 0.15) is 5.75 Å². The molecular formula is C21H21N3O3. The van der Waals surface area contributed by atoms with Gasteiger partial charge in [-0.05, 0) is 36.6 Å². The first kappa shape index (κ1) is 16.3. The molecule has 6 nitrogen and oxygen atoms in total. The first-order valence-electron chi connectivity index (χ1n) is 9.26. The maximum absolute atomic E-state index is 13.4. The van der Waals surface area contributed by atoms with Crippen LogP contribution in [0, 0.1) is 0 Å². The van der Waals surface area contributed by atoms with Crippen LogP contribution in [0.5, 0.6) is 5.75 Å². The molecule has 3 aliphatic rings. The van der Waals surface area contributed by atoms with Crippen LogP contribution in [0.4, 0.5) is 5.69 Å². The summed E-state index contributed by atoms with van der Waals surface area (Å²) in [5.41, 5.74) is 2.02. The minimum atomic E-state index is -0.508. The normalized spacial score (nSPS) is 24.4. The summed E-state index contributed by atoms with van der Waals surface area (Å²) in [7, 11) is 1.65. The van der Waals surface area contributed by atoms with E-state index >= 15 is 0 Å². The number of benzene rings is 1. The molecule has 1 saturated heterocycles. The smallest absolute Gasteiger partial charge is 0.233 e. The molecule has 1 aliphatic carbocycles. The van der Waals surface area contributed by atoms with Gasteiger partial charge >= 0.3 is 0 Å². The second-order valence-corrected chi connectivity index (χ2v) is 7.53. The number of pyridine rings is 1. The molecule has 2 aromatic rings. The fraction of sp³-hybridized carbons (Fsp3) is 0.381. The molecule has 6 heteroatoms. The third-order valence-corrected chi connectivity index (χ3v) is 6.08. The van der Waals surface area contributed by atoms with Crippen LogP contribution in [-0.4, -0.2) is 42.4 Å². The van der Waals surface area contributed by atoms with Crippen molar-refractivity contribution in [2.45, 2.75) is 30.3 Å². The van der Waals surface area contributed by atoms with Gasteiger partial charge in [0.25, 0.3) is 0 Å². The Morgan fingerprint density at radius 2 is 2.00 bits per heavy atom. The highest BCUT2D eigenvalue weighted by Crippen LogP contribution is 2.51. The number of nitrogens with zero attached hydrogens (tertiary/aromatic N) is 3. The highest BCUT2D eigenvalue weighted by Gasteiger charge is 2.56. The van der Waals surface area contributed by atoms with E-state index in [9.17, 15) is 4.79 Å². The lowest BCUT2D eigenvalue weighted by molar-refractivity contribution is -0.133. The quantitative estimate of drug-likeness (QED) is 0.841. The Labute approximate surface area is 157 Å². The number of hydrogen-bond donors (Lipinski definition) is 0. The standard InChI is InChI=1S/C21H21N3O3/c1-26-16-4-2-15(3-5-16)20(7-8-20)19(25)24-11-9-21(13-24)17-6-10-22-12-18(17)23-14-27-21/h2-6,10,12,14H,7-9,11,13H2,1H3. The number of aliphatic imine (C=N–C) groups is 1. The van der Waals surface area contributed by atoms with Crippen molar-refractivity contribution in [3.05, 3.63) is 53.9 Å². The lowest BCUT2D eigenvalue weighted by Gasteiger charge is -2.32. The van der Waals surface area contributed by atoms with Crippen LogP contribution < -0.4 is 4.74 Å². The average Bonchev–Trinajstić information content (AvgIpc) is 3.43. The summed E-state index contributed by atoms with van der Waals surface area (Å²) in [5.74, 6) is 1.01. The molecule has 1 aromatic carbocycles. The van der Waals surface area contributed by atoms with Crippen molar-refractivity contribution in [3.8, 4) is 5.75 Å². The first-order chi connectivity index (χ1) is 13.2. The van der Waals surface area contributed by atoms with Crippen LogP contribution in [0.1, 0.15) is 30.4 Å². The van der Waals surface area contributed by atoms with Crippen molar-refractivity contribution in [2.24, 2.45) is 4.99 Å². The Hall–Kier alpha value is -2.89. The highest BCUT2D eigenvalue weighted by atomic mass is 16.5. The summed E-state index contributed by atoms with van der Waals surface area (Å²) in [4.78, 5) is 23.8. The van der Waals surface area contributed by atoms with Crippen LogP contribution in [-0.2, 0) is 20.5 Å². The molecule has 1 amide bonds. The molecule has 1 spiro atoms. The van der Waals surface area contributed by atoms with Crippen molar-refractivity contribution >= 4 is 18.0 Å². The van der Waals surface area contributed by atoms with E-state index in [2.05, 4.69) is 9.98 Å². The Balaban J connectivity index is 1.40. The summed E-state index contributed by atoms with van der Waals surface area (Å²) >= 11 is 0. The maximum Gasteiger partial charge on any atom is 0.233 e. The fourth-order valence-corrected chi connectivity index (χ4v) is 4.36. The molecule has 138 valence electrons. The van der Waals surface area contributed by atoms with Gasteiger partial charge in [-0.25, -0.2) is 4.99 Å². The molecule has 1 unspecified atom stereocenters. The van der Waals surface area contributed by atoms with Gasteiger partial charge in [0.05, 0.1) is 31.0 Å². The predicted molar refractivity (Wildman–Crippen MR) is 100 cm³/mol. The summed E-state index contributed by atoms with van der Waals surface area (Å²) in [6.07, 6.45) is 7.55. The van der Waals surface area contributed by atoms with Crippen molar-refractivity contribution < 1.29 is 14.3 Å². The van der Waals surface area contributed by atoms with Crippen LogP contribution in [0.25, 0.3) is 0 Å². The molecular weight excluding hydrogens is 342 g/mol. The van der Waals surface area contributed by atoms with Crippen LogP contribution in [0.2, 0.25) is 0 Å². The summed E-state index contributed by atoms with van der Waals surface area (Å²) < 4.78 is 11.2. The van der Waals surface area contributed by atoms with Crippen LogP contribution in [0.15, 0.2) is 47.7 Å². The zero-order chi connectivity index (χ0) is 18.5. The summed E-state index contributed by atoms with van der Waals surface area (Å²) in [6, 6.07) is 9.84. The Morgan fingerprint density at radius 1 is 1.19 bits per heavy atom. The average molecular weight is 363 g/mol. The lowest BCUT2D eigenvalue weighted by Crippen LogP contribution is -2.41. The number of ether oxygens (including phenoxy) is 2. The Kier molecular flexibility index (Phi) is 3.50. The van der Waals surface area contributed by atoms with Gasteiger partial charge in [-0.2, -0.15) is 0 Å². The summed E-state index contributed by atoms with van der Waals surface area (Å²) in [6.45, 7) is 1.24. The van der Waals surface area contributed by atoms with Gasteiger partial charge in [0.15, 0.2) is 12.0 Å². The number of aromatic nitrogens is 1. The minimum absolute atomic E-state index is 0.200. The third-order valence-electron chi connectivity index (χ3n) is 6.08. The molecule has 0 bridgehead atoms. The minimum Gasteiger partial charge on any atom is -0.497 e. The molecule has 1 aromatic heterocycles. The van der Waals surface area contributed by atoms with Crippen LogP contribution >= 0.6 is 0 Å². The van der Waals surface area contributed by atoms with Crippen molar-refractivity contribution in [1.82, 2.24) is 9.88 Å². The van der Waals surface area contributed by atoms with E-state index in [1.165, 1.54) is 6.40 Å². The van der Waals surface area contributed by atoms with Gasteiger partial charge in [-0.15, -0.1) is 0 Å². The highest BCUT2D eigenvalue weighted by molar-refractivity contribution is 5.91. The van der Waals surface area contributed by atoms with E-state index in [4.69, 9.17) is 9.47 Å². The number of likely N-dealkylation sites (tertiary alicyclic amines) is 1. The first-order valence-corrected chi connectivity index (χ1v) is 9.26. The second-order valence-electron chi connectivity index (χ2n) is 7.53. The number of rotatable bonds is 3. The molecule has 2 fully saturated rings. The molecule has 2 aliphatic heterocycles. The molecule has 27 heavy (non-hydrogen) atoms. The largest absolute Gasteiger partial charge is 0.497 e. The summed E-state index contributed by atoms with van der Waals surface area (Å²) in [5, 5.41) is 0. The SMILES string of the molecule is COc1ccc(C2(C(=O)N3CCC4(C3)OC=Nc3cnccc34)CC2)cc1. The Bertz CT molecular complexity index is 921. The fourth-order valence-electron chi connectivity index (χ4n) is 4.36. The van der Waals surface area contributed by atoms with Gasteiger partial charge in [-0.3, -0.25) is 9.78 Å². The van der Waals surface area contributed by atoms with Gasteiger partial charge in [0, 0.05) is 24.7 Å². The Morgan fingerprint density at radius 3 is 2.74 bits per heavy atom. The van der Waals surface area contributed by atoms with Gasteiger partial charge in [0.2, 0.25) is 5.91 Å². The number of amides is 1. The van der Waals surface area contributed by atoms with E-state index in [1.807, 2.05) is 35.2 Å². The monoisotopic (exact) mass is 363 g/mol. The number of carbonyl (C=O) groups excluding carboxylic acids is 1. The third kappa shape index (κ3) is 2.43. The number of fused-ring (bicyclic) bond motifs is 2. The van der Waals surface area contributed by atoms with E-state index in [1.54, 1.807) is 19.5 Å². The molecule has 3 heterocycles. The number of methoxy groups -OCH3 is 1. The maximum atomic E-state index is 13.4. The number of hydrogen-bond acceptors (Lipinski definition) is 5. The molecule has 1 saturated carbocycles.